The molecule has 3 heterocycles. The molecule has 30 heavy (non-hydrogen) atoms. The minimum Gasteiger partial charge on any atom is -0.463 e. The summed E-state index contributed by atoms with van der Waals surface area (Å²) in [6.45, 7) is 2.84. The van der Waals surface area contributed by atoms with Gasteiger partial charge in [-0.1, -0.05) is 50.7 Å². The lowest BCUT2D eigenvalue weighted by Crippen LogP contribution is -2.18. The third kappa shape index (κ3) is 4.47. The van der Waals surface area contributed by atoms with Crippen molar-refractivity contribution < 1.29 is 4.74 Å². The molecular weight excluding hydrogens is 384 g/mol. The first-order valence-corrected chi connectivity index (χ1v) is 10.9. The summed E-state index contributed by atoms with van der Waals surface area (Å²) >= 11 is 0. The van der Waals surface area contributed by atoms with E-state index in [1.54, 1.807) is 0 Å². The fraction of sp³-hybridized carbons (Fsp3) is 0.650. The fourth-order valence-corrected chi connectivity index (χ4v) is 3.98. The second-order valence-corrected chi connectivity index (χ2v) is 8.00. The van der Waals surface area contributed by atoms with Crippen molar-refractivity contribution in [2.75, 3.05) is 12.3 Å². The van der Waals surface area contributed by atoms with Gasteiger partial charge in [-0.25, -0.2) is 9.48 Å². The van der Waals surface area contributed by atoms with Crippen LogP contribution in [0.5, 0.6) is 6.01 Å². The molecule has 0 aromatic carbocycles. The summed E-state index contributed by atoms with van der Waals surface area (Å²) in [6.07, 6.45) is 12.4. The van der Waals surface area contributed by atoms with Crippen molar-refractivity contribution in [2.24, 2.45) is 0 Å². The molecule has 1 aliphatic carbocycles. The van der Waals surface area contributed by atoms with Crippen molar-refractivity contribution in [3.8, 4) is 6.01 Å². The summed E-state index contributed by atoms with van der Waals surface area (Å²) in [5.41, 5.74) is 7.25. The van der Waals surface area contributed by atoms with Crippen LogP contribution in [-0.4, -0.2) is 41.1 Å². The predicted molar refractivity (Wildman–Crippen MR) is 113 cm³/mol. The van der Waals surface area contributed by atoms with E-state index in [9.17, 15) is 4.79 Å². The molecule has 10 heteroatoms. The zero-order chi connectivity index (χ0) is 20.9. The summed E-state index contributed by atoms with van der Waals surface area (Å²) in [5, 5.41) is 8.65. The third-order valence-corrected chi connectivity index (χ3v) is 5.69. The van der Waals surface area contributed by atoms with Gasteiger partial charge in [-0.2, -0.15) is 9.97 Å². The highest BCUT2D eigenvalue weighted by Gasteiger charge is 2.18. The maximum atomic E-state index is 12.5. The number of ether oxygens (including phenoxy) is 1. The molecule has 3 aromatic heterocycles. The Morgan fingerprint density at radius 1 is 1.20 bits per heavy atom. The van der Waals surface area contributed by atoms with E-state index in [1.165, 1.54) is 36.7 Å². The lowest BCUT2D eigenvalue weighted by molar-refractivity contribution is 0.286. The van der Waals surface area contributed by atoms with Crippen LogP contribution < -0.4 is 16.2 Å². The Morgan fingerprint density at radius 3 is 2.73 bits per heavy atom. The molecule has 0 amide bonds. The van der Waals surface area contributed by atoms with Gasteiger partial charge in [0.05, 0.1) is 25.4 Å². The van der Waals surface area contributed by atoms with Gasteiger partial charge in [-0.3, -0.25) is 4.57 Å². The largest absolute Gasteiger partial charge is 0.463 e. The highest BCUT2D eigenvalue weighted by molar-refractivity contribution is 5.81. The van der Waals surface area contributed by atoms with Gasteiger partial charge in [0.1, 0.15) is 11.2 Å². The van der Waals surface area contributed by atoms with Crippen molar-refractivity contribution in [1.82, 2.24) is 34.5 Å². The standard InChI is InChI=1S/C20H30N8O2/c1-2-3-11-30-19-23-17(21)16-18(24-19)27(20(29)22-16)12-14-13-28(26-25-14)15-9-7-5-4-6-8-10-15/h13,15H,2-12H2,1H3,(H,22,29)(H2,21,23,24). The molecule has 1 fully saturated rings. The lowest BCUT2D eigenvalue weighted by atomic mass is 9.97. The number of rotatable bonds is 7. The van der Waals surface area contributed by atoms with E-state index >= 15 is 0 Å². The maximum Gasteiger partial charge on any atom is 0.328 e. The average molecular weight is 415 g/mol. The van der Waals surface area contributed by atoms with Gasteiger partial charge in [0.2, 0.25) is 0 Å². The number of nitrogen functional groups attached to an aromatic ring is 1. The number of unbranched alkanes of at least 4 members (excludes halogenated alkanes) is 1. The van der Waals surface area contributed by atoms with Gasteiger partial charge >= 0.3 is 11.7 Å². The smallest absolute Gasteiger partial charge is 0.328 e. The number of anilines is 1. The molecule has 1 saturated carbocycles. The molecule has 10 nitrogen and oxygen atoms in total. The Morgan fingerprint density at radius 2 is 1.97 bits per heavy atom. The molecule has 0 saturated heterocycles. The molecule has 3 N–H and O–H groups in total. The van der Waals surface area contributed by atoms with Gasteiger partial charge in [-0.15, -0.1) is 5.10 Å². The van der Waals surface area contributed by atoms with E-state index in [2.05, 4.69) is 32.2 Å². The number of nitrogens with zero attached hydrogens (tertiary/aromatic N) is 6. The first-order valence-electron chi connectivity index (χ1n) is 10.9. The van der Waals surface area contributed by atoms with E-state index in [0.29, 0.717) is 29.5 Å². The zero-order valence-electron chi connectivity index (χ0n) is 17.5. The van der Waals surface area contributed by atoms with Crippen LogP contribution in [0.4, 0.5) is 5.82 Å². The third-order valence-electron chi connectivity index (χ3n) is 5.69. The van der Waals surface area contributed by atoms with Crippen LogP contribution in [0.2, 0.25) is 0 Å². The van der Waals surface area contributed by atoms with Crippen LogP contribution in [0.3, 0.4) is 0 Å². The van der Waals surface area contributed by atoms with Crippen LogP contribution in [0.25, 0.3) is 11.2 Å². The monoisotopic (exact) mass is 414 g/mol. The Balaban J connectivity index is 1.56. The number of aromatic nitrogens is 7. The SMILES string of the molecule is CCCCOc1nc(N)c2[nH]c(=O)n(Cc3cn(C4CCCCCCC4)nn3)c2n1. The highest BCUT2D eigenvalue weighted by Crippen LogP contribution is 2.26. The molecule has 0 atom stereocenters. The number of nitrogens with one attached hydrogen (secondary N) is 1. The molecule has 4 rings (SSSR count). The maximum absolute atomic E-state index is 12.5. The number of hydrogen-bond donors (Lipinski definition) is 2. The van der Waals surface area contributed by atoms with Crippen molar-refractivity contribution in [3.05, 3.63) is 22.4 Å². The van der Waals surface area contributed by atoms with E-state index in [-0.39, 0.29) is 24.1 Å². The van der Waals surface area contributed by atoms with E-state index in [4.69, 9.17) is 10.5 Å². The number of nitrogens with two attached hydrogens (primary N) is 1. The second-order valence-electron chi connectivity index (χ2n) is 8.00. The summed E-state index contributed by atoms with van der Waals surface area (Å²) in [6, 6.07) is 0.558. The summed E-state index contributed by atoms with van der Waals surface area (Å²) in [4.78, 5) is 23.8. The first-order chi connectivity index (χ1) is 14.7. The fourth-order valence-electron chi connectivity index (χ4n) is 3.98. The minimum absolute atomic E-state index is 0.180. The van der Waals surface area contributed by atoms with Gasteiger partial charge in [-0.05, 0) is 19.3 Å². The molecule has 0 radical (unpaired) electrons. The van der Waals surface area contributed by atoms with Gasteiger partial charge in [0, 0.05) is 0 Å². The predicted octanol–water partition coefficient (Wildman–Crippen LogP) is 2.81. The van der Waals surface area contributed by atoms with Crippen LogP contribution >= 0.6 is 0 Å². The Bertz CT molecular complexity index is 1030. The number of hydrogen-bond acceptors (Lipinski definition) is 7. The van der Waals surface area contributed by atoms with Crippen molar-refractivity contribution in [2.45, 2.75) is 77.3 Å². The van der Waals surface area contributed by atoms with Crippen LogP contribution in [0.15, 0.2) is 11.0 Å². The summed E-state index contributed by atoms with van der Waals surface area (Å²) in [5.74, 6) is 0.195. The van der Waals surface area contributed by atoms with Crippen molar-refractivity contribution >= 4 is 17.0 Å². The number of aromatic amines is 1. The van der Waals surface area contributed by atoms with Gasteiger partial charge in [0.15, 0.2) is 11.5 Å². The quantitative estimate of drug-likeness (QED) is 0.569. The van der Waals surface area contributed by atoms with Crippen molar-refractivity contribution in [3.63, 3.8) is 0 Å². The molecule has 0 bridgehead atoms. The van der Waals surface area contributed by atoms with E-state index < -0.39 is 0 Å². The zero-order valence-corrected chi connectivity index (χ0v) is 17.5. The van der Waals surface area contributed by atoms with Crippen LogP contribution in [0, 0.1) is 0 Å². The Labute approximate surface area is 174 Å². The number of H-pyrrole nitrogens is 1. The number of imidazole rings is 1. The van der Waals surface area contributed by atoms with Crippen molar-refractivity contribution in [1.29, 1.82) is 0 Å². The molecule has 0 aliphatic heterocycles. The second kappa shape index (κ2) is 9.27. The molecule has 0 unspecified atom stereocenters. The molecule has 0 spiro atoms. The van der Waals surface area contributed by atoms with Crippen LogP contribution in [-0.2, 0) is 6.54 Å². The summed E-state index contributed by atoms with van der Waals surface area (Å²) < 4.78 is 9.06. The Hall–Kier alpha value is -2.91. The first kappa shape index (κ1) is 20.4. The van der Waals surface area contributed by atoms with E-state index in [1.807, 2.05) is 10.9 Å². The van der Waals surface area contributed by atoms with Gasteiger partial charge < -0.3 is 15.5 Å². The molecule has 162 valence electrons. The summed E-state index contributed by atoms with van der Waals surface area (Å²) in [7, 11) is 0. The topological polar surface area (TPSA) is 130 Å². The highest BCUT2D eigenvalue weighted by atomic mass is 16.5. The molecule has 3 aromatic rings. The average Bonchev–Trinajstić information content (AvgIpc) is 3.28. The lowest BCUT2D eigenvalue weighted by Gasteiger charge is -2.19. The minimum atomic E-state index is -0.308. The van der Waals surface area contributed by atoms with E-state index in [0.717, 1.165) is 25.7 Å². The van der Waals surface area contributed by atoms with Crippen LogP contribution in [0.1, 0.15) is 76.4 Å². The normalized spacial score (nSPS) is 15.9. The molecule has 1 aliphatic rings. The van der Waals surface area contributed by atoms with Gasteiger partial charge in [0.25, 0.3) is 0 Å². The molecular formula is C20H30N8O2. The Kier molecular flexibility index (Phi) is 6.29. The number of fused-ring (bicyclic) bond motifs is 1.